The fourth-order valence-electron chi connectivity index (χ4n) is 2.94. The first-order valence-electron chi connectivity index (χ1n) is 7.19. The normalized spacial score (nSPS) is 11.7. The molecule has 0 saturated heterocycles. The second-order valence-corrected chi connectivity index (χ2v) is 11.8. The summed E-state index contributed by atoms with van der Waals surface area (Å²) >= 11 is 0. The third kappa shape index (κ3) is 5.77. The summed E-state index contributed by atoms with van der Waals surface area (Å²) in [7, 11) is -1.41. The van der Waals surface area contributed by atoms with E-state index in [1.54, 1.807) is 0 Å². The lowest BCUT2D eigenvalue weighted by Gasteiger charge is -2.40. The van der Waals surface area contributed by atoms with Gasteiger partial charge in [0.25, 0.3) is 0 Å². The zero-order valence-corrected chi connectivity index (χ0v) is 14.3. The van der Waals surface area contributed by atoms with E-state index in [-0.39, 0.29) is 5.97 Å². The number of allylic oxidation sites excluding steroid dienone is 1. The highest BCUT2D eigenvalue weighted by Gasteiger charge is 2.38. The van der Waals surface area contributed by atoms with Crippen LogP contribution in [-0.4, -0.2) is 20.7 Å². The molecule has 0 radical (unpaired) electrons. The van der Waals surface area contributed by atoms with Gasteiger partial charge in [0.05, 0.1) is 14.7 Å². The number of carbonyl (C=O) groups excluding carboxylic acids is 1. The molecular formula is C16H30O2Si. The molecule has 0 aliphatic heterocycles. The third-order valence-electron chi connectivity index (χ3n) is 4.13. The molecule has 0 heterocycles. The number of carbonyl (C=O) groups is 1. The SMILES string of the molecule is C=CC(=O)OCCC[Si](CC(=C)C)(C(C)C)C(C)C. The molecule has 0 amide bonds. The molecule has 19 heavy (non-hydrogen) atoms. The van der Waals surface area contributed by atoms with Crippen molar-refractivity contribution in [3.8, 4) is 0 Å². The number of esters is 1. The van der Waals surface area contributed by atoms with Crippen molar-refractivity contribution in [3.05, 3.63) is 24.8 Å². The highest BCUT2D eigenvalue weighted by molar-refractivity contribution is 6.82. The second-order valence-electron chi connectivity index (χ2n) is 6.15. The molecule has 0 unspecified atom stereocenters. The summed E-state index contributed by atoms with van der Waals surface area (Å²) in [5.41, 5.74) is 2.73. The maximum Gasteiger partial charge on any atom is 0.330 e. The summed E-state index contributed by atoms with van der Waals surface area (Å²) in [5, 5.41) is 0. The Morgan fingerprint density at radius 3 is 2.16 bits per heavy atom. The van der Waals surface area contributed by atoms with Gasteiger partial charge in [0, 0.05) is 6.08 Å². The molecule has 0 aliphatic rings. The van der Waals surface area contributed by atoms with E-state index in [2.05, 4.69) is 47.8 Å². The fourth-order valence-corrected chi connectivity index (χ4v) is 8.34. The fraction of sp³-hybridized carbons (Fsp3) is 0.688. The van der Waals surface area contributed by atoms with Gasteiger partial charge in [-0.1, -0.05) is 57.0 Å². The van der Waals surface area contributed by atoms with E-state index in [1.165, 1.54) is 23.7 Å². The summed E-state index contributed by atoms with van der Waals surface area (Å²) in [5.74, 6) is -0.318. The van der Waals surface area contributed by atoms with E-state index in [0.717, 1.165) is 17.5 Å². The minimum absolute atomic E-state index is 0.318. The molecule has 0 rings (SSSR count). The Morgan fingerprint density at radius 1 is 1.26 bits per heavy atom. The van der Waals surface area contributed by atoms with Crippen LogP contribution in [0.1, 0.15) is 41.0 Å². The van der Waals surface area contributed by atoms with Crippen molar-refractivity contribution in [1.29, 1.82) is 0 Å². The molecule has 0 aromatic carbocycles. The topological polar surface area (TPSA) is 26.3 Å². The molecule has 0 N–H and O–H groups in total. The van der Waals surface area contributed by atoms with Crippen molar-refractivity contribution < 1.29 is 9.53 Å². The molecule has 0 bridgehead atoms. The molecule has 0 aromatic heterocycles. The average Bonchev–Trinajstić information content (AvgIpc) is 2.31. The Hall–Kier alpha value is -0.833. The Bertz CT molecular complexity index is 311. The van der Waals surface area contributed by atoms with Crippen LogP contribution >= 0.6 is 0 Å². The smallest absolute Gasteiger partial charge is 0.330 e. The van der Waals surface area contributed by atoms with Crippen molar-refractivity contribution >= 4 is 14.0 Å². The molecular weight excluding hydrogens is 252 g/mol. The Morgan fingerprint density at radius 2 is 1.79 bits per heavy atom. The van der Waals surface area contributed by atoms with Crippen LogP contribution in [0.15, 0.2) is 24.8 Å². The van der Waals surface area contributed by atoms with Crippen molar-refractivity contribution in [3.63, 3.8) is 0 Å². The average molecular weight is 282 g/mol. The second kappa shape index (κ2) is 8.36. The first-order chi connectivity index (χ1) is 8.76. The van der Waals surface area contributed by atoms with Crippen LogP contribution in [0.4, 0.5) is 0 Å². The van der Waals surface area contributed by atoms with Crippen LogP contribution in [0.3, 0.4) is 0 Å². The molecule has 2 nitrogen and oxygen atoms in total. The van der Waals surface area contributed by atoms with Crippen molar-refractivity contribution in [1.82, 2.24) is 0 Å². The van der Waals surface area contributed by atoms with Gasteiger partial charge < -0.3 is 4.74 Å². The number of hydrogen-bond donors (Lipinski definition) is 0. The minimum atomic E-state index is -1.41. The van der Waals surface area contributed by atoms with Crippen molar-refractivity contribution in [2.24, 2.45) is 0 Å². The lowest BCUT2D eigenvalue weighted by Crippen LogP contribution is -2.41. The number of rotatable bonds is 9. The lowest BCUT2D eigenvalue weighted by atomic mass is 10.4. The Balaban J connectivity index is 4.62. The van der Waals surface area contributed by atoms with Gasteiger partial charge in [-0.2, -0.15) is 0 Å². The molecule has 0 aliphatic carbocycles. The summed E-state index contributed by atoms with van der Waals surface area (Å²) in [6, 6.07) is 2.37. The van der Waals surface area contributed by atoms with Gasteiger partial charge in [0.15, 0.2) is 0 Å². The molecule has 0 atom stereocenters. The van der Waals surface area contributed by atoms with E-state index < -0.39 is 8.07 Å². The molecule has 110 valence electrons. The number of ether oxygens (including phenoxy) is 1. The predicted octanol–water partition coefficient (Wildman–Crippen LogP) is 4.95. The van der Waals surface area contributed by atoms with Gasteiger partial charge in [-0.3, -0.25) is 0 Å². The maximum atomic E-state index is 11.0. The zero-order valence-electron chi connectivity index (χ0n) is 13.3. The van der Waals surface area contributed by atoms with Crippen molar-refractivity contribution in [2.45, 2.75) is 64.2 Å². The van der Waals surface area contributed by atoms with Crippen LogP contribution in [0.5, 0.6) is 0 Å². The van der Waals surface area contributed by atoms with Gasteiger partial charge in [-0.05, 0) is 19.4 Å². The Labute approximate surface area is 119 Å². The van der Waals surface area contributed by atoms with E-state index in [0.29, 0.717) is 6.61 Å². The highest BCUT2D eigenvalue weighted by atomic mass is 28.3. The summed E-state index contributed by atoms with van der Waals surface area (Å²) in [6.45, 7) is 19.5. The van der Waals surface area contributed by atoms with Crippen LogP contribution in [-0.2, 0) is 9.53 Å². The first kappa shape index (κ1) is 18.2. The highest BCUT2D eigenvalue weighted by Crippen LogP contribution is 2.41. The van der Waals surface area contributed by atoms with Gasteiger partial charge in [0.1, 0.15) is 0 Å². The summed E-state index contributed by atoms with van der Waals surface area (Å²) in [6.07, 6.45) is 2.18. The van der Waals surface area contributed by atoms with E-state index in [4.69, 9.17) is 4.74 Å². The summed E-state index contributed by atoms with van der Waals surface area (Å²) < 4.78 is 5.09. The quantitative estimate of drug-likeness (QED) is 0.197. The third-order valence-corrected chi connectivity index (χ3v) is 11.3. The molecule has 3 heteroatoms. The predicted molar refractivity (Wildman–Crippen MR) is 86.2 cm³/mol. The molecule has 0 aromatic rings. The van der Waals surface area contributed by atoms with E-state index in [1.807, 2.05) is 0 Å². The first-order valence-corrected chi connectivity index (χ1v) is 9.76. The van der Waals surface area contributed by atoms with Crippen molar-refractivity contribution in [2.75, 3.05) is 6.61 Å². The maximum absolute atomic E-state index is 11.0. The molecule has 0 fully saturated rings. The standard InChI is InChI=1S/C16H30O2Si/c1-8-16(17)18-10-9-11-19(14(4)5,15(6)7)12-13(2)3/h8,14-15H,1-2,9-12H2,3-7H3. The van der Waals surface area contributed by atoms with Crippen LogP contribution in [0.2, 0.25) is 23.2 Å². The van der Waals surface area contributed by atoms with Gasteiger partial charge in [-0.15, -0.1) is 6.58 Å². The van der Waals surface area contributed by atoms with E-state index in [9.17, 15) is 4.79 Å². The van der Waals surface area contributed by atoms with E-state index >= 15 is 0 Å². The zero-order chi connectivity index (χ0) is 15.1. The molecule has 0 spiro atoms. The van der Waals surface area contributed by atoms with Crippen LogP contribution in [0.25, 0.3) is 0 Å². The van der Waals surface area contributed by atoms with Gasteiger partial charge in [-0.25, -0.2) is 4.79 Å². The lowest BCUT2D eigenvalue weighted by molar-refractivity contribution is -0.137. The number of hydrogen-bond acceptors (Lipinski definition) is 2. The minimum Gasteiger partial charge on any atom is -0.463 e. The molecule has 0 saturated carbocycles. The Kier molecular flexibility index (Phi) is 7.99. The summed E-state index contributed by atoms with van der Waals surface area (Å²) in [4.78, 5) is 11.0. The van der Waals surface area contributed by atoms with Crippen LogP contribution in [0, 0.1) is 0 Å². The van der Waals surface area contributed by atoms with Gasteiger partial charge >= 0.3 is 5.97 Å². The van der Waals surface area contributed by atoms with Crippen LogP contribution < -0.4 is 0 Å². The monoisotopic (exact) mass is 282 g/mol. The largest absolute Gasteiger partial charge is 0.463 e. The van der Waals surface area contributed by atoms with Gasteiger partial charge in [0.2, 0.25) is 0 Å².